The van der Waals surface area contributed by atoms with Gasteiger partial charge in [0.2, 0.25) is 0 Å². The van der Waals surface area contributed by atoms with E-state index < -0.39 is 0 Å². The summed E-state index contributed by atoms with van der Waals surface area (Å²) in [5.74, 6) is -0.626. The minimum Gasteiger partial charge on any atom is -0.268 e. The number of imide groups is 1. The van der Waals surface area contributed by atoms with Crippen LogP contribution in [-0.2, 0) is 0 Å². The van der Waals surface area contributed by atoms with Crippen LogP contribution in [0.5, 0.6) is 0 Å². The third-order valence-corrected chi connectivity index (χ3v) is 4.85. The highest BCUT2D eigenvalue weighted by Gasteiger charge is 2.37. The maximum absolute atomic E-state index is 13.1. The van der Waals surface area contributed by atoms with Crippen molar-refractivity contribution in [2.75, 3.05) is 4.90 Å². The maximum Gasteiger partial charge on any atom is 0.266 e. The maximum atomic E-state index is 13.1. The zero-order valence-electron chi connectivity index (χ0n) is 14.3. The molecular weight excluding hydrogens is 336 g/mol. The van der Waals surface area contributed by atoms with Gasteiger partial charge in [0.25, 0.3) is 11.8 Å². The first-order valence-corrected chi connectivity index (χ1v) is 8.66. The highest BCUT2D eigenvalue weighted by Crippen LogP contribution is 2.34. The van der Waals surface area contributed by atoms with Gasteiger partial charge in [-0.15, -0.1) is 0 Å². The third-order valence-electron chi connectivity index (χ3n) is 4.85. The number of fused-ring (bicyclic) bond motifs is 2. The SMILES string of the molecule is O=C1c2ccc(-c3ccccc3)cc2C(=O)N1c1cccc2cccnc12. The topological polar surface area (TPSA) is 50.3 Å². The minimum atomic E-state index is -0.314. The standard InChI is InChI=1S/C23H14N2O2/c26-22-18-12-11-17(15-6-2-1-3-7-15)14-19(18)23(27)25(22)20-10-4-8-16-9-5-13-24-21(16)20/h1-14H. The van der Waals surface area contributed by atoms with Crippen LogP contribution in [0.15, 0.2) is 85.1 Å². The molecule has 0 N–H and O–H groups in total. The molecule has 4 nitrogen and oxygen atoms in total. The van der Waals surface area contributed by atoms with Gasteiger partial charge >= 0.3 is 0 Å². The van der Waals surface area contributed by atoms with Gasteiger partial charge in [-0.1, -0.05) is 54.6 Å². The summed E-state index contributed by atoms with van der Waals surface area (Å²) in [6.45, 7) is 0. The molecular formula is C23H14N2O2. The molecule has 128 valence electrons. The lowest BCUT2D eigenvalue weighted by molar-refractivity contribution is 0.0926. The zero-order valence-corrected chi connectivity index (χ0v) is 14.3. The van der Waals surface area contributed by atoms with Crippen molar-refractivity contribution in [3.05, 3.63) is 96.2 Å². The molecule has 1 aliphatic heterocycles. The van der Waals surface area contributed by atoms with Crippen LogP contribution in [0.25, 0.3) is 22.0 Å². The van der Waals surface area contributed by atoms with E-state index in [0.717, 1.165) is 16.5 Å². The van der Waals surface area contributed by atoms with Crippen LogP contribution in [-0.4, -0.2) is 16.8 Å². The molecule has 5 rings (SSSR count). The van der Waals surface area contributed by atoms with E-state index in [0.29, 0.717) is 22.3 Å². The average Bonchev–Trinajstić information content (AvgIpc) is 2.98. The van der Waals surface area contributed by atoms with Gasteiger partial charge in [-0.3, -0.25) is 14.6 Å². The number of nitrogens with zero attached hydrogens (tertiary/aromatic N) is 2. The Morgan fingerprint density at radius 2 is 1.44 bits per heavy atom. The number of aromatic nitrogens is 1. The molecule has 2 amide bonds. The number of amides is 2. The smallest absolute Gasteiger partial charge is 0.266 e. The molecule has 4 aromatic rings. The number of benzene rings is 3. The predicted octanol–water partition coefficient (Wildman–Crippen LogP) is 4.70. The fourth-order valence-corrected chi connectivity index (χ4v) is 3.54. The van der Waals surface area contributed by atoms with E-state index in [1.165, 1.54) is 4.90 Å². The second kappa shape index (κ2) is 5.88. The molecule has 27 heavy (non-hydrogen) atoms. The van der Waals surface area contributed by atoms with Gasteiger partial charge in [-0.25, -0.2) is 4.90 Å². The van der Waals surface area contributed by atoms with Gasteiger partial charge in [0.1, 0.15) is 0 Å². The molecule has 0 bridgehead atoms. The minimum absolute atomic E-state index is 0.312. The van der Waals surface area contributed by atoms with E-state index in [2.05, 4.69) is 4.98 Å². The molecule has 3 aromatic carbocycles. The van der Waals surface area contributed by atoms with Crippen molar-refractivity contribution in [1.82, 2.24) is 4.98 Å². The largest absolute Gasteiger partial charge is 0.268 e. The molecule has 4 heteroatoms. The second-order valence-corrected chi connectivity index (χ2v) is 6.42. The highest BCUT2D eigenvalue weighted by molar-refractivity contribution is 6.36. The molecule has 0 saturated heterocycles. The van der Waals surface area contributed by atoms with E-state index in [-0.39, 0.29) is 11.8 Å². The van der Waals surface area contributed by atoms with Gasteiger partial charge in [-0.05, 0) is 35.4 Å². The number of hydrogen-bond acceptors (Lipinski definition) is 3. The number of hydrogen-bond donors (Lipinski definition) is 0. The normalized spacial score (nSPS) is 13.3. The van der Waals surface area contributed by atoms with Crippen LogP contribution < -0.4 is 4.90 Å². The Balaban J connectivity index is 1.64. The molecule has 0 unspecified atom stereocenters. The lowest BCUT2D eigenvalue weighted by atomic mass is 10.0. The van der Waals surface area contributed by atoms with Crippen molar-refractivity contribution in [3.63, 3.8) is 0 Å². The molecule has 0 spiro atoms. The van der Waals surface area contributed by atoms with Crippen LogP contribution in [0, 0.1) is 0 Å². The van der Waals surface area contributed by atoms with Crippen LogP contribution in [0.4, 0.5) is 5.69 Å². The number of anilines is 1. The van der Waals surface area contributed by atoms with Crippen LogP contribution >= 0.6 is 0 Å². The predicted molar refractivity (Wildman–Crippen MR) is 105 cm³/mol. The summed E-state index contributed by atoms with van der Waals surface area (Å²) in [6, 6.07) is 24.5. The van der Waals surface area contributed by atoms with Gasteiger partial charge in [0.15, 0.2) is 0 Å². The Labute approximate surface area is 155 Å². The van der Waals surface area contributed by atoms with E-state index >= 15 is 0 Å². The molecule has 1 aliphatic rings. The Morgan fingerprint density at radius 3 is 2.30 bits per heavy atom. The zero-order chi connectivity index (χ0) is 18.4. The quantitative estimate of drug-likeness (QED) is 0.492. The van der Waals surface area contributed by atoms with Crippen molar-refractivity contribution in [2.24, 2.45) is 0 Å². The first-order chi connectivity index (χ1) is 13.2. The Kier molecular flexibility index (Phi) is 3.37. The number of para-hydroxylation sites is 1. The molecule has 0 radical (unpaired) electrons. The van der Waals surface area contributed by atoms with Crippen LogP contribution in [0.2, 0.25) is 0 Å². The van der Waals surface area contributed by atoms with Crippen LogP contribution in [0.1, 0.15) is 20.7 Å². The van der Waals surface area contributed by atoms with Crippen molar-refractivity contribution in [1.29, 1.82) is 0 Å². The van der Waals surface area contributed by atoms with E-state index in [1.807, 2.05) is 60.7 Å². The number of carbonyl (C=O) groups excluding carboxylic acids is 2. The first-order valence-electron chi connectivity index (χ1n) is 8.66. The van der Waals surface area contributed by atoms with Crippen molar-refractivity contribution in [3.8, 4) is 11.1 Å². The lowest BCUT2D eigenvalue weighted by Gasteiger charge is -2.15. The van der Waals surface area contributed by atoms with Crippen molar-refractivity contribution >= 4 is 28.4 Å². The molecule has 2 heterocycles. The molecule has 0 saturated carbocycles. The fraction of sp³-hybridized carbons (Fsp3) is 0. The van der Waals surface area contributed by atoms with Crippen molar-refractivity contribution in [2.45, 2.75) is 0 Å². The summed E-state index contributed by atoms with van der Waals surface area (Å²) in [4.78, 5) is 31.7. The van der Waals surface area contributed by atoms with Gasteiger partial charge < -0.3 is 0 Å². The Hall–Kier alpha value is -3.79. The summed E-state index contributed by atoms with van der Waals surface area (Å²) >= 11 is 0. The summed E-state index contributed by atoms with van der Waals surface area (Å²) < 4.78 is 0. The molecule has 0 aliphatic carbocycles. The molecule has 1 aromatic heterocycles. The third kappa shape index (κ3) is 2.34. The summed E-state index contributed by atoms with van der Waals surface area (Å²) in [7, 11) is 0. The average molecular weight is 350 g/mol. The van der Waals surface area contributed by atoms with E-state index in [9.17, 15) is 9.59 Å². The molecule has 0 atom stereocenters. The van der Waals surface area contributed by atoms with Crippen molar-refractivity contribution < 1.29 is 9.59 Å². The summed E-state index contributed by atoms with van der Waals surface area (Å²) in [5, 5.41) is 0.886. The van der Waals surface area contributed by atoms with E-state index in [1.54, 1.807) is 24.4 Å². The number of rotatable bonds is 2. The van der Waals surface area contributed by atoms with Gasteiger partial charge in [0, 0.05) is 11.6 Å². The van der Waals surface area contributed by atoms with Gasteiger partial charge in [-0.2, -0.15) is 0 Å². The monoisotopic (exact) mass is 350 g/mol. The molecule has 0 fully saturated rings. The lowest BCUT2D eigenvalue weighted by Crippen LogP contribution is -2.29. The Bertz CT molecular complexity index is 1210. The summed E-state index contributed by atoms with van der Waals surface area (Å²) in [6.07, 6.45) is 1.66. The number of pyridine rings is 1. The van der Waals surface area contributed by atoms with Crippen LogP contribution in [0.3, 0.4) is 0 Å². The van der Waals surface area contributed by atoms with E-state index in [4.69, 9.17) is 0 Å². The van der Waals surface area contributed by atoms with Gasteiger partial charge in [0.05, 0.1) is 22.3 Å². The summed E-state index contributed by atoms with van der Waals surface area (Å²) in [5.41, 5.74) is 3.92. The second-order valence-electron chi connectivity index (χ2n) is 6.42. The first kappa shape index (κ1) is 15.5. The fourth-order valence-electron chi connectivity index (χ4n) is 3.54. The number of carbonyl (C=O) groups is 2. The Morgan fingerprint density at radius 1 is 0.667 bits per heavy atom. The highest BCUT2D eigenvalue weighted by atomic mass is 16.2.